The van der Waals surface area contributed by atoms with Crippen LogP contribution in [-0.4, -0.2) is 59.9 Å². The van der Waals surface area contributed by atoms with Crippen molar-refractivity contribution in [3.63, 3.8) is 0 Å². The van der Waals surface area contributed by atoms with Crippen LogP contribution in [-0.2, 0) is 14.3 Å². The van der Waals surface area contributed by atoms with Crippen molar-refractivity contribution in [3.8, 4) is 0 Å². The second-order valence-corrected chi connectivity index (χ2v) is 4.68. The number of ether oxygens (including phenoxy) is 1. The van der Waals surface area contributed by atoms with Gasteiger partial charge in [-0.3, -0.25) is 9.59 Å². The first kappa shape index (κ1) is 14.0. The standard InChI is InChI=1S/C12H19N3O4/c16-7-8-19-9-3-5-15(6-4-9)12(18)10-1-2-11(17)14-13-10/h9,16H,1-8H2,(H,14,17). The summed E-state index contributed by atoms with van der Waals surface area (Å²) in [6.07, 6.45) is 2.38. The van der Waals surface area contributed by atoms with E-state index in [0.717, 1.165) is 12.8 Å². The first-order valence-corrected chi connectivity index (χ1v) is 6.58. The molecular weight excluding hydrogens is 250 g/mol. The zero-order valence-electron chi connectivity index (χ0n) is 10.8. The number of rotatable bonds is 4. The van der Waals surface area contributed by atoms with Crippen LogP contribution in [0, 0.1) is 0 Å². The SMILES string of the molecule is O=C1CCC(C(=O)N2CCC(OCCO)CC2)=NN1. The fourth-order valence-electron chi connectivity index (χ4n) is 2.26. The molecule has 0 bridgehead atoms. The molecule has 0 aromatic heterocycles. The molecule has 0 saturated carbocycles. The van der Waals surface area contributed by atoms with Gasteiger partial charge < -0.3 is 14.7 Å². The topological polar surface area (TPSA) is 91.2 Å². The number of piperidine rings is 1. The summed E-state index contributed by atoms with van der Waals surface area (Å²) >= 11 is 0. The first-order valence-electron chi connectivity index (χ1n) is 6.58. The van der Waals surface area contributed by atoms with E-state index in [9.17, 15) is 9.59 Å². The highest BCUT2D eigenvalue weighted by Crippen LogP contribution is 2.15. The van der Waals surface area contributed by atoms with Gasteiger partial charge in [-0.25, -0.2) is 5.43 Å². The number of aliphatic hydroxyl groups is 1. The molecule has 0 atom stereocenters. The summed E-state index contributed by atoms with van der Waals surface area (Å²) in [7, 11) is 0. The maximum atomic E-state index is 12.1. The van der Waals surface area contributed by atoms with E-state index in [1.165, 1.54) is 0 Å². The minimum Gasteiger partial charge on any atom is -0.394 e. The van der Waals surface area contributed by atoms with E-state index in [1.54, 1.807) is 4.90 Å². The molecule has 2 N–H and O–H groups in total. The molecule has 7 nitrogen and oxygen atoms in total. The molecule has 0 aromatic rings. The lowest BCUT2D eigenvalue weighted by atomic mass is 10.1. The molecule has 2 amide bonds. The van der Waals surface area contributed by atoms with Crippen LogP contribution < -0.4 is 5.43 Å². The Morgan fingerprint density at radius 2 is 2.16 bits per heavy atom. The van der Waals surface area contributed by atoms with Crippen molar-refractivity contribution in [2.45, 2.75) is 31.8 Å². The molecule has 2 aliphatic rings. The van der Waals surface area contributed by atoms with Crippen LogP contribution in [0.1, 0.15) is 25.7 Å². The summed E-state index contributed by atoms with van der Waals surface area (Å²) in [5, 5.41) is 12.5. The minimum atomic E-state index is -0.146. The Balaban J connectivity index is 1.81. The van der Waals surface area contributed by atoms with Crippen molar-refractivity contribution < 1.29 is 19.4 Å². The van der Waals surface area contributed by atoms with Gasteiger partial charge in [-0.15, -0.1) is 0 Å². The summed E-state index contributed by atoms with van der Waals surface area (Å²) in [4.78, 5) is 24.9. The third-order valence-electron chi connectivity index (χ3n) is 3.33. The number of hydrogen-bond donors (Lipinski definition) is 2. The molecule has 19 heavy (non-hydrogen) atoms. The van der Waals surface area contributed by atoms with E-state index in [-0.39, 0.29) is 24.5 Å². The van der Waals surface area contributed by atoms with Gasteiger partial charge in [0.1, 0.15) is 5.71 Å². The summed E-state index contributed by atoms with van der Waals surface area (Å²) in [6, 6.07) is 0. The van der Waals surface area contributed by atoms with E-state index in [0.29, 0.717) is 38.2 Å². The number of aliphatic hydroxyl groups excluding tert-OH is 1. The zero-order chi connectivity index (χ0) is 13.7. The third kappa shape index (κ3) is 3.74. The number of carbonyl (C=O) groups is 2. The Morgan fingerprint density at radius 1 is 1.42 bits per heavy atom. The Labute approximate surface area is 111 Å². The van der Waals surface area contributed by atoms with Gasteiger partial charge in [-0.05, 0) is 12.8 Å². The van der Waals surface area contributed by atoms with Gasteiger partial charge in [-0.1, -0.05) is 0 Å². The highest BCUT2D eigenvalue weighted by Gasteiger charge is 2.27. The maximum absolute atomic E-state index is 12.1. The number of carbonyl (C=O) groups excluding carboxylic acids is 2. The number of hydrogen-bond acceptors (Lipinski definition) is 5. The van der Waals surface area contributed by atoms with Crippen LogP contribution in [0.2, 0.25) is 0 Å². The lowest BCUT2D eigenvalue weighted by Crippen LogP contribution is -2.45. The fourth-order valence-corrected chi connectivity index (χ4v) is 2.26. The minimum absolute atomic E-state index is 0.0235. The molecule has 0 radical (unpaired) electrons. The normalized spacial score (nSPS) is 21.0. The largest absolute Gasteiger partial charge is 0.394 e. The molecule has 2 rings (SSSR count). The zero-order valence-corrected chi connectivity index (χ0v) is 10.8. The fraction of sp³-hybridized carbons (Fsp3) is 0.750. The molecular formula is C12H19N3O4. The van der Waals surface area contributed by atoms with E-state index < -0.39 is 0 Å². The highest BCUT2D eigenvalue weighted by molar-refractivity contribution is 6.39. The first-order chi connectivity index (χ1) is 9.20. The van der Waals surface area contributed by atoms with Crippen LogP contribution in [0.3, 0.4) is 0 Å². The molecule has 0 aliphatic carbocycles. The Kier molecular flexibility index (Phi) is 4.86. The van der Waals surface area contributed by atoms with Crippen LogP contribution >= 0.6 is 0 Å². The Bertz CT molecular complexity index is 375. The number of amides is 2. The lowest BCUT2D eigenvalue weighted by molar-refractivity contribution is -0.127. The molecule has 0 spiro atoms. The van der Waals surface area contributed by atoms with Gasteiger partial charge in [0.2, 0.25) is 5.91 Å². The number of nitrogens with one attached hydrogen (secondary N) is 1. The van der Waals surface area contributed by atoms with Crippen LogP contribution in [0.4, 0.5) is 0 Å². The van der Waals surface area contributed by atoms with E-state index in [4.69, 9.17) is 9.84 Å². The Hall–Kier alpha value is -1.47. The number of hydrazone groups is 1. The third-order valence-corrected chi connectivity index (χ3v) is 3.33. The van der Waals surface area contributed by atoms with Crippen molar-refractivity contribution >= 4 is 17.5 Å². The second-order valence-electron chi connectivity index (χ2n) is 4.68. The maximum Gasteiger partial charge on any atom is 0.270 e. The van der Waals surface area contributed by atoms with Gasteiger partial charge in [0.15, 0.2) is 0 Å². The summed E-state index contributed by atoms with van der Waals surface area (Å²) in [6.45, 7) is 1.62. The number of nitrogens with zero attached hydrogens (tertiary/aromatic N) is 2. The van der Waals surface area contributed by atoms with Crippen molar-refractivity contribution in [1.82, 2.24) is 10.3 Å². The quantitative estimate of drug-likeness (QED) is 0.702. The van der Waals surface area contributed by atoms with Crippen molar-refractivity contribution in [3.05, 3.63) is 0 Å². The van der Waals surface area contributed by atoms with Crippen LogP contribution in [0.15, 0.2) is 5.10 Å². The van der Waals surface area contributed by atoms with E-state index in [2.05, 4.69) is 10.5 Å². The van der Waals surface area contributed by atoms with E-state index in [1.807, 2.05) is 0 Å². The average Bonchev–Trinajstić information content (AvgIpc) is 2.46. The lowest BCUT2D eigenvalue weighted by Gasteiger charge is -2.32. The van der Waals surface area contributed by atoms with Crippen molar-refractivity contribution in [2.75, 3.05) is 26.3 Å². The predicted molar refractivity (Wildman–Crippen MR) is 67.5 cm³/mol. The van der Waals surface area contributed by atoms with Crippen LogP contribution in [0.25, 0.3) is 0 Å². The highest BCUT2D eigenvalue weighted by atomic mass is 16.5. The summed E-state index contributed by atoms with van der Waals surface area (Å²) in [5.74, 6) is -0.242. The smallest absolute Gasteiger partial charge is 0.270 e. The van der Waals surface area contributed by atoms with Crippen molar-refractivity contribution in [2.24, 2.45) is 5.10 Å². The average molecular weight is 269 g/mol. The van der Waals surface area contributed by atoms with E-state index >= 15 is 0 Å². The van der Waals surface area contributed by atoms with Gasteiger partial charge >= 0.3 is 0 Å². The van der Waals surface area contributed by atoms with Crippen LogP contribution in [0.5, 0.6) is 0 Å². The molecule has 106 valence electrons. The number of likely N-dealkylation sites (tertiary alicyclic amines) is 1. The van der Waals surface area contributed by atoms with Gasteiger partial charge in [-0.2, -0.15) is 5.10 Å². The molecule has 1 saturated heterocycles. The Morgan fingerprint density at radius 3 is 2.74 bits per heavy atom. The molecule has 2 aliphatic heterocycles. The summed E-state index contributed by atoms with van der Waals surface area (Å²) in [5.41, 5.74) is 2.76. The van der Waals surface area contributed by atoms with Gasteiger partial charge in [0.25, 0.3) is 5.91 Å². The summed E-state index contributed by atoms with van der Waals surface area (Å²) < 4.78 is 5.44. The van der Waals surface area contributed by atoms with Crippen molar-refractivity contribution in [1.29, 1.82) is 0 Å². The predicted octanol–water partition coefficient (Wildman–Crippen LogP) is -0.748. The monoisotopic (exact) mass is 269 g/mol. The van der Waals surface area contributed by atoms with Gasteiger partial charge in [0, 0.05) is 25.9 Å². The second kappa shape index (κ2) is 6.63. The molecule has 7 heteroatoms. The molecule has 0 unspecified atom stereocenters. The molecule has 0 aromatic carbocycles. The molecule has 2 heterocycles. The van der Waals surface area contributed by atoms with Gasteiger partial charge in [0.05, 0.1) is 19.3 Å². The molecule has 1 fully saturated rings.